The molecule has 0 unspecified atom stereocenters. The van der Waals surface area contributed by atoms with E-state index in [4.69, 9.17) is 4.74 Å². The summed E-state index contributed by atoms with van der Waals surface area (Å²) in [6.45, 7) is 8.29. The van der Waals surface area contributed by atoms with E-state index in [2.05, 4.69) is 17.2 Å². The molecule has 0 spiro atoms. The zero-order chi connectivity index (χ0) is 22.5. The van der Waals surface area contributed by atoms with Crippen LogP contribution in [0.15, 0.2) is 54.6 Å². The summed E-state index contributed by atoms with van der Waals surface area (Å²) in [6.07, 6.45) is -0.888. The molecule has 6 heteroatoms. The first-order valence-electron chi connectivity index (χ1n) is 10.4. The fourth-order valence-corrected chi connectivity index (χ4v) is 3.53. The first-order valence-corrected chi connectivity index (χ1v) is 10.4. The molecule has 1 aromatic heterocycles. The number of carbonyl (C=O) groups is 2. The van der Waals surface area contributed by atoms with Gasteiger partial charge in [0, 0.05) is 13.6 Å². The van der Waals surface area contributed by atoms with Crippen LogP contribution in [0.3, 0.4) is 0 Å². The van der Waals surface area contributed by atoms with Crippen LogP contribution in [0.2, 0.25) is 0 Å². The minimum absolute atomic E-state index is 0.250. The highest BCUT2D eigenvalue weighted by Gasteiger charge is 2.26. The van der Waals surface area contributed by atoms with Crippen molar-refractivity contribution in [3.05, 3.63) is 88.2 Å². The quantitative estimate of drug-likeness (QED) is 0.542. The average Bonchev–Trinajstić information content (AvgIpc) is 3.02. The number of aryl methyl sites for hydroxylation is 2. The predicted octanol–water partition coefficient (Wildman–Crippen LogP) is 4.06. The third kappa shape index (κ3) is 5.40. The number of aromatic nitrogens is 2. The van der Waals surface area contributed by atoms with Crippen molar-refractivity contribution in [2.75, 3.05) is 7.05 Å². The topological polar surface area (TPSA) is 64.4 Å². The van der Waals surface area contributed by atoms with Gasteiger partial charge in [-0.25, -0.2) is 4.79 Å². The van der Waals surface area contributed by atoms with Crippen molar-refractivity contribution in [1.29, 1.82) is 0 Å². The molecule has 2 aromatic carbocycles. The number of hydrogen-bond donors (Lipinski definition) is 0. The number of ether oxygens (including phenoxy) is 1. The van der Waals surface area contributed by atoms with Gasteiger partial charge in [-0.1, -0.05) is 60.2 Å². The summed E-state index contributed by atoms with van der Waals surface area (Å²) in [4.78, 5) is 27.1. The Balaban J connectivity index is 1.67. The summed E-state index contributed by atoms with van der Waals surface area (Å²) >= 11 is 0. The lowest BCUT2D eigenvalue weighted by Gasteiger charge is -2.21. The molecule has 0 saturated carbocycles. The number of benzene rings is 2. The van der Waals surface area contributed by atoms with E-state index in [9.17, 15) is 9.59 Å². The van der Waals surface area contributed by atoms with Crippen molar-refractivity contribution in [3.63, 3.8) is 0 Å². The standard InChI is InChI=1S/C25H29N3O3/c1-17-11-13-22(14-12-17)16-28-19(3)23(18(2)26-28)25(30)31-20(4)24(29)27(5)15-21-9-7-6-8-10-21/h6-14,20H,15-16H2,1-5H3/t20-/m1/s1. The second kappa shape index (κ2) is 9.60. The van der Waals surface area contributed by atoms with E-state index in [1.165, 1.54) is 5.56 Å². The van der Waals surface area contributed by atoms with Gasteiger partial charge < -0.3 is 9.64 Å². The summed E-state index contributed by atoms with van der Waals surface area (Å²) in [6, 6.07) is 17.9. The zero-order valence-corrected chi connectivity index (χ0v) is 18.8. The molecule has 31 heavy (non-hydrogen) atoms. The molecule has 0 fully saturated rings. The van der Waals surface area contributed by atoms with E-state index in [0.29, 0.717) is 24.3 Å². The van der Waals surface area contributed by atoms with Gasteiger partial charge in [0.2, 0.25) is 0 Å². The van der Waals surface area contributed by atoms with Gasteiger partial charge in [0.1, 0.15) is 5.56 Å². The van der Waals surface area contributed by atoms with E-state index >= 15 is 0 Å². The Morgan fingerprint density at radius 3 is 2.29 bits per heavy atom. The van der Waals surface area contributed by atoms with E-state index in [1.54, 1.807) is 30.5 Å². The number of nitrogens with zero attached hydrogens (tertiary/aromatic N) is 3. The Kier molecular flexibility index (Phi) is 6.90. The minimum atomic E-state index is -0.888. The van der Waals surface area contributed by atoms with Gasteiger partial charge in [-0.2, -0.15) is 5.10 Å². The SMILES string of the molecule is Cc1ccc(Cn2nc(C)c(C(=O)O[C@H](C)C(=O)N(C)Cc3ccccc3)c2C)cc1. The maximum Gasteiger partial charge on any atom is 0.342 e. The third-order valence-electron chi connectivity index (χ3n) is 5.31. The number of esters is 1. The monoisotopic (exact) mass is 419 g/mol. The van der Waals surface area contributed by atoms with Crippen LogP contribution >= 0.6 is 0 Å². The molecular formula is C25H29N3O3. The predicted molar refractivity (Wildman–Crippen MR) is 120 cm³/mol. The largest absolute Gasteiger partial charge is 0.449 e. The summed E-state index contributed by atoms with van der Waals surface area (Å²) in [5.74, 6) is -0.779. The number of rotatable bonds is 7. The molecule has 3 aromatic rings. The van der Waals surface area contributed by atoms with Crippen molar-refractivity contribution in [2.45, 2.75) is 46.9 Å². The van der Waals surface area contributed by atoms with Crippen LogP contribution < -0.4 is 0 Å². The molecule has 0 aliphatic carbocycles. The molecule has 0 saturated heterocycles. The van der Waals surface area contributed by atoms with Crippen molar-refractivity contribution < 1.29 is 14.3 Å². The number of hydrogen-bond acceptors (Lipinski definition) is 4. The normalized spacial score (nSPS) is 11.8. The van der Waals surface area contributed by atoms with Gasteiger partial charge in [-0.05, 0) is 38.8 Å². The van der Waals surface area contributed by atoms with Crippen molar-refractivity contribution in [3.8, 4) is 0 Å². The van der Waals surface area contributed by atoms with Gasteiger partial charge >= 0.3 is 5.97 Å². The molecule has 0 N–H and O–H groups in total. The van der Waals surface area contributed by atoms with Gasteiger partial charge in [-0.3, -0.25) is 9.48 Å². The first-order chi connectivity index (χ1) is 14.8. The van der Waals surface area contributed by atoms with Crippen LogP contribution in [0.5, 0.6) is 0 Å². The fourth-order valence-electron chi connectivity index (χ4n) is 3.53. The summed E-state index contributed by atoms with van der Waals surface area (Å²) in [5.41, 5.74) is 5.03. The second-order valence-corrected chi connectivity index (χ2v) is 7.92. The van der Waals surface area contributed by atoms with Crippen molar-refractivity contribution in [1.82, 2.24) is 14.7 Å². The summed E-state index contributed by atoms with van der Waals surface area (Å²) in [5, 5.41) is 4.51. The lowest BCUT2D eigenvalue weighted by molar-refractivity contribution is -0.139. The Hall–Kier alpha value is -3.41. The van der Waals surface area contributed by atoms with Gasteiger partial charge in [-0.15, -0.1) is 0 Å². The molecule has 162 valence electrons. The molecule has 1 atom stereocenters. The maximum absolute atomic E-state index is 12.8. The van der Waals surface area contributed by atoms with Crippen LogP contribution in [-0.2, 0) is 22.6 Å². The van der Waals surface area contributed by atoms with Gasteiger partial charge in [0.15, 0.2) is 6.10 Å². The third-order valence-corrected chi connectivity index (χ3v) is 5.31. The lowest BCUT2D eigenvalue weighted by Crippen LogP contribution is -2.37. The molecule has 1 heterocycles. The highest BCUT2D eigenvalue weighted by molar-refractivity contribution is 5.94. The van der Waals surface area contributed by atoms with Crippen LogP contribution in [0.25, 0.3) is 0 Å². The Morgan fingerprint density at radius 2 is 1.65 bits per heavy atom. The molecular weight excluding hydrogens is 390 g/mol. The van der Waals surface area contributed by atoms with Crippen LogP contribution in [0.1, 0.15) is 45.4 Å². The van der Waals surface area contributed by atoms with E-state index in [-0.39, 0.29) is 5.91 Å². The van der Waals surface area contributed by atoms with Crippen molar-refractivity contribution >= 4 is 11.9 Å². The molecule has 0 radical (unpaired) electrons. The van der Waals surface area contributed by atoms with Crippen molar-refractivity contribution in [2.24, 2.45) is 0 Å². The first kappa shape index (κ1) is 22.3. The fraction of sp³-hybridized carbons (Fsp3) is 0.320. The maximum atomic E-state index is 12.8. The molecule has 0 aliphatic heterocycles. The van der Waals surface area contributed by atoms with E-state index in [1.807, 2.05) is 56.3 Å². The summed E-state index contributed by atoms with van der Waals surface area (Å²) < 4.78 is 7.31. The average molecular weight is 420 g/mol. The highest BCUT2D eigenvalue weighted by atomic mass is 16.5. The Bertz CT molecular complexity index is 1060. The van der Waals surface area contributed by atoms with E-state index < -0.39 is 12.1 Å². The minimum Gasteiger partial charge on any atom is -0.449 e. The number of likely N-dealkylation sites (N-methyl/N-ethyl adjacent to an activating group) is 1. The molecule has 6 nitrogen and oxygen atoms in total. The lowest BCUT2D eigenvalue weighted by atomic mass is 10.1. The molecule has 0 aliphatic rings. The van der Waals surface area contributed by atoms with Gasteiger partial charge in [0.05, 0.1) is 17.9 Å². The van der Waals surface area contributed by atoms with Crippen LogP contribution in [0, 0.1) is 20.8 Å². The smallest absolute Gasteiger partial charge is 0.342 e. The van der Waals surface area contributed by atoms with E-state index in [0.717, 1.165) is 16.8 Å². The number of carbonyl (C=O) groups excluding carboxylic acids is 2. The molecule has 0 bridgehead atoms. The van der Waals surface area contributed by atoms with Gasteiger partial charge in [0.25, 0.3) is 5.91 Å². The zero-order valence-electron chi connectivity index (χ0n) is 18.8. The Labute approximate surface area is 183 Å². The molecule has 1 amide bonds. The number of amides is 1. The highest BCUT2D eigenvalue weighted by Crippen LogP contribution is 2.18. The summed E-state index contributed by atoms with van der Waals surface area (Å²) in [7, 11) is 1.70. The Morgan fingerprint density at radius 1 is 1.00 bits per heavy atom. The van der Waals surface area contributed by atoms with Crippen LogP contribution in [-0.4, -0.2) is 39.7 Å². The second-order valence-electron chi connectivity index (χ2n) is 7.92. The molecule has 3 rings (SSSR count). The van der Waals surface area contributed by atoms with Crippen LogP contribution in [0.4, 0.5) is 0 Å².